The van der Waals surface area contributed by atoms with E-state index in [0.717, 1.165) is 95.8 Å². The van der Waals surface area contributed by atoms with Crippen LogP contribution in [-0.2, 0) is 65.4 Å². The first-order valence-corrected chi connectivity index (χ1v) is 42.6. The molecule has 564 valence electrons. The maximum absolute atomic E-state index is 13.1. The summed E-state index contributed by atoms with van der Waals surface area (Å²) in [4.78, 5) is 72.7. The highest BCUT2D eigenvalue weighted by molar-refractivity contribution is 7.47. The van der Waals surface area contributed by atoms with Crippen LogP contribution >= 0.6 is 15.6 Å². The van der Waals surface area contributed by atoms with Crippen LogP contribution in [0.5, 0.6) is 0 Å². The van der Waals surface area contributed by atoms with Crippen molar-refractivity contribution in [2.45, 2.75) is 419 Å². The number of hydrogen-bond donors (Lipinski definition) is 3. The number of rotatable bonds is 76. The molecule has 95 heavy (non-hydrogen) atoms. The standard InChI is InChI=1S/C76H148O17P2/c1-6-9-12-15-18-21-23-24-25-26-27-30-33-36-41-45-50-55-60-74(79)87-66-72(93-76(81)62-57-52-47-42-37-34-31-28-29-32-35-39-43-48-53-58-69(4)5)68-91-95(84,85)89-64-70(77)63-88-94(82,83)90-67-71(65-86-73(78)59-54-49-44-38-20-17-14-11-8-3)92-75(80)61-56-51-46-40-22-19-16-13-10-7-2/h69-72,77H,6-68H2,1-5H3,(H,82,83)(H,84,85)/t70-,71+,72+/m0/s1. The Morgan fingerprint density at radius 1 is 0.284 bits per heavy atom. The first-order valence-electron chi connectivity index (χ1n) is 39.6. The Bertz CT molecular complexity index is 1820. The molecule has 0 spiro atoms. The van der Waals surface area contributed by atoms with Crippen LogP contribution in [0.25, 0.3) is 0 Å². The number of hydrogen-bond acceptors (Lipinski definition) is 15. The molecule has 19 heteroatoms. The predicted octanol–water partition coefficient (Wildman–Crippen LogP) is 22.5. The van der Waals surface area contributed by atoms with E-state index in [1.54, 1.807) is 0 Å². The lowest BCUT2D eigenvalue weighted by Crippen LogP contribution is -2.30. The van der Waals surface area contributed by atoms with Gasteiger partial charge >= 0.3 is 39.5 Å². The molecule has 0 saturated carbocycles. The van der Waals surface area contributed by atoms with Gasteiger partial charge in [-0.05, 0) is 31.6 Å². The van der Waals surface area contributed by atoms with Gasteiger partial charge in [0.05, 0.1) is 26.4 Å². The number of carbonyl (C=O) groups is 4. The van der Waals surface area contributed by atoms with Gasteiger partial charge in [-0.1, -0.05) is 349 Å². The van der Waals surface area contributed by atoms with Gasteiger partial charge in [-0.25, -0.2) is 9.13 Å². The van der Waals surface area contributed by atoms with Gasteiger partial charge < -0.3 is 33.8 Å². The van der Waals surface area contributed by atoms with E-state index in [9.17, 15) is 43.2 Å². The average Bonchev–Trinajstić information content (AvgIpc) is 2.54. The molecule has 3 N–H and O–H groups in total. The van der Waals surface area contributed by atoms with Crippen LogP contribution in [0.4, 0.5) is 0 Å². The van der Waals surface area contributed by atoms with E-state index in [1.165, 1.54) is 225 Å². The fourth-order valence-corrected chi connectivity index (χ4v) is 13.3. The molecule has 0 aromatic rings. The molecule has 0 saturated heterocycles. The number of esters is 4. The molecule has 0 aromatic carbocycles. The largest absolute Gasteiger partial charge is 0.472 e. The van der Waals surface area contributed by atoms with Crippen LogP contribution in [0.1, 0.15) is 401 Å². The second-order valence-electron chi connectivity index (χ2n) is 27.9. The van der Waals surface area contributed by atoms with Gasteiger partial charge in [0.1, 0.15) is 19.3 Å². The van der Waals surface area contributed by atoms with Crippen LogP contribution in [0.2, 0.25) is 0 Å². The summed E-state index contributed by atoms with van der Waals surface area (Å²) in [7, 11) is -9.90. The molecular formula is C76H148O17P2. The van der Waals surface area contributed by atoms with E-state index in [0.29, 0.717) is 25.7 Å². The molecule has 17 nitrogen and oxygen atoms in total. The molecule has 0 aromatic heterocycles. The Balaban J connectivity index is 5.20. The average molecular weight is 1400 g/mol. The smallest absolute Gasteiger partial charge is 0.462 e. The van der Waals surface area contributed by atoms with E-state index >= 15 is 0 Å². The van der Waals surface area contributed by atoms with Gasteiger partial charge in [-0.3, -0.25) is 37.3 Å². The number of aliphatic hydroxyl groups excluding tert-OH is 1. The van der Waals surface area contributed by atoms with Gasteiger partial charge in [0.25, 0.3) is 0 Å². The zero-order valence-corrected chi connectivity index (χ0v) is 63.6. The number of carbonyl (C=O) groups excluding carboxylic acids is 4. The summed E-state index contributed by atoms with van der Waals surface area (Å²) in [5.41, 5.74) is 0. The van der Waals surface area contributed by atoms with Crippen molar-refractivity contribution in [2.75, 3.05) is 39.6 Å². The van der Waals surface area contributed by atoms with E-state index in [-0.39, 0.29) is 25.7 Å². The van der Waals surface area contributed by atoms with Crippen molar-refractivity contribution < 1.29 is 80.2 Å². The second-order valence-corrected chi connectivity index (χ2v) is 30.8. The van der Waals surface area contributed by atoms with Crippen molar-refractivity contribution in [2.24, 2.45) is 5.92 Å². The molecule has 0 rings (SSSR count). The van der Waals surface area contributed by atoms with Gasteiger partial charge in [-0.2, -0.15) is 0 Å². The topological polar surface area (TPSA) is 237 Å². The highest BCUT2D eigenvalue weighted by Gasteiger charge is 2.30. The SMILES string of the molecule is CCCCCCCCCCCCCCCCCCCCC(=O)OC[C@H](COP(=O)(O)OC[C@@H](O)COP(=O)(O)OC[C@@H](COC(=O)CCCCCCCCCCC)OC(=O)CCCCCCCCCCCC)OC(=O)CCCCCCCCCCCCCCCCCC(C)C. The van der Waals surface area contributed by atoms with E-state index in [4.69, 9.17) is 37.0 Å². The summed E-state index contributed by atoms with van der Waals surface area (Å²) >= 11 is 0. The third-order valence-electron chi connectivity index (χ3n) is 17.8. The number of phosphoric acid groups is 2. The molecule has 0 aliphatic rings. The van der Waals surface area contributed by atoms with Gasteiger partial charge in [-0.15, -0.1) is 0 Å². The van der Waals surface area contributed by atoms with E-state index in [1.807, 2.05) is 0 Å². The lowest BCUT2D eigenvalue weighted by molar-refractivity contribution is -0.161. The molecule has 0 aliphatic carbocycles. The Labute approximate surface area is 581 Å². The third-order valence-corrected chi connectivity index (χ3v) is 19.7. The Morgan fingerprint density at radius 3 is 0.716 bits per heavy atom. The minimum Gasteiger partial charge on any atom is -0.462 e. The highest BCUT2D eigenvalue weighted by Crippen LogP contribution is 2.45. The summed E-state index contributed by atoms with van der Waals surface area (Å²) in [5.74, 6) is -1.31. The molecule has 2 unspecified atom stereocenters. The summed E-state index contributed by atoms with van der Waals surface area (Å²) in [6, 6.07) is 0. The van der Waals surface area contributed by atoms with Gasteiger partial charge in [0, 0.05) is 25.7 Å². The van der Waals surface area contributed by atoms with E-state index < -0.39 is 97.5 Å². The third kappa shape index (κ3) is 70.3. The first-order chi connectivity index (χ1) is 46.0. The van der Waals surface area contributed by atoms with Crippen LogP contribution in [0.3, 0.4) is 0 Å². The van der Waals surface area contributed by atoms with Gasteiger partial charge in [0.2, 0.25) is 0 Å². The fourth-order valence-electron chi connectivity index (χ4n) is 11.7. The van der Waals surface area contributed by atoms with E-state index in [2.05, 4.69) is 34.6 Å². The Morgan fingerprint density at radius 2 is 0.484 bits per heavy atom. The van der Waals surface area contributed by atoms with Crippen molar-refractivity contribution in [3.63, 3.8) is 0 Å². The maximum Gasteiger partial charge on any atom is 0.472 e. The Kier molecular flexibility index (Phi) is 67.7. The van der Waals surface area contributed by atoms with Crippen LogP contribution in [0.15, 0.2) is 0 Å². The maximum atomic E-state index is 13.1. The molecule has 0 fully saturated rings. The minimum atomic E-state index is -4.96. The van der Waals surface area contributed by atoms with Crippen molar-refractivity contribution in [1.29, 1.82) is 0 Å². The van der Waals surface area contributed by atoms with Crippen LogP contribution < -0.4 is 0 Å². The molecule has 0 heterocycles. The second kappa shape index (κ2) is 69.2. The van der Waals surface area contributed by atoms with Crippen LogP contribution in [0, 0.1) is 5.92 Å². The zero-order chi connectivity index (χ0) is 69.8. The molecule has 0 radical (unpaired) electrons. The number of ether oxygens (including phenoxy) is 4. The zero-order valence-electron chi connectivity index (χ0n) is 61.8. The predicted molar refractivity (Wildman–Crippen MR) is 386 cm³/mol. The number of phosphoric ester groups is 2. The normalized spacial score (nSPS) is 13.9. The van der Waals surface area contributed by atoms with Crippen molar-refractivity contribution in [1.82, 2.24) is 0 Å². The summed E-state index contributed by atoms with van der Waals surface area (Å²) in [5, 5.41) is 10.6. The molecular weight excluding hydrogens is 1250 g/mol. The quantitative estimate of drug-likeness (QED) is 0.0222. The fraction of sp³-hybridized carbons (Fsp3) is 0.947. The number of aliphatic hydroxyl groups is 1. The highest BCUT2D eigenvalue weighted by atomic mass is 31.2. The van der Waals surface area contributed by atoms with Gasteiger partial charge in [0.15, 0.2) is 12.2 Å². The summed E-state index contributed by atoms with van der Waals surface area (Å²) in [6.45, 7) is 7.29. The van der Waals surface area contributed by atoms with Crippen molar-refractivity contribution in [3.8, 4) is 0 Å². The first kappa shape index (κ1) is 93.1. The summed E-state index contributed by atoms with van der Waals surface area (Å²) in [6.07, 6.45) is 58.3. The monoisotopic (exact) mass is 1400 g/mol. The molecule has 0 bridgehead atoms. The molecule has 0 amide bonds. The number of unbranched alkanes of at least 4 members (excludes halogenated alkanes) is 48. The summed E-state index contributed by atoms with van der Waals surface area (Å²) < 4.78 is 68.4. The van der Waals surface area contributed by atoms with Crippen molar-refractivity contribution in [3.05, 3.63) is 0 Å². The molecule has 5 atom stereocenters. The lowest BCUT2D eigenvalue weighted by atomic mass is 10.0. The lowest BCUT2D eigenvalue weighted by Gasteiger charge is -2.21. The Hall–Kier alpha value is -1.94. The van der Waals surface area contributed by atoms with Crippen LogP contribution in [-0.4, -0.2) is 96.7 Å². The molecule has 0 aliphatic heterocycles. The minimum absolute atomic E-state index is 0.107. The van der Waals surface area contributed by atoms with Crippen molar-refractivity contribution >= 4 is 39.5 Å².